The molecule has 3 nitrogen and oxygen atoms in total. The van der Waals surface area contributed by atoms with Crippen LogP contribution in [0.5, 0.6) is 5.75 Å². The van der Waals surface area contributed by atoms with Crippen molar-refractivity contribution < 1.29 is 9.84 Å². The van der Waals surface area contributed by atoms with Crippen LogP contribution in [0, 0.1) is 0 Å². The Labute approximate surface area is 103 Å². The maximum absolute atomic E-state index is 8.90. The van der Waals surface area contributed by atoms with Gasteiger partial charge in [-0.3, -0.25) is 0 Å². The van der Waals surface area contributed by atoms with Crippen molar-refractivity contribution in [2.45, 2.75) is 25.8 Å². The highest BCUT2D eigenvalue weighted by Crippen LogP contribution is 2.19. The number of halogens is 1. The van der Waals surface area contributed by atoms with Crippen LogP contribution in [-0.4, -0.2) is 24.4 Å². The lowest BCUT2D eigenvalue weighted by Crippen LogP contribution is -2.27. The molecule has 0 fully saturated rings. The number of hydrogen-bond acceptors (Lipinski definition) is 3. The minimum atomic E-state index is -0.212. The summed E-state index contributed by atoms with van der Waals surface area (Å²) >= 11 is 0. The van der Waals surface area contributed by atoms with Gasteiger partial charge in [-0.2, -0.15) is 0 Å². The number of aliphatic hydroxyl groups is 1. The van der Waals surface area contributed by atoms with Crippen LogP contribution < -0.4 is 10.5 Å². The van der Waals surface area contributed by atoms with E-state index in [1.54, 1.807) is 0 Å². The van der Waals surface area contributed by atoms with Gasteiger partial charge in [0.25, 0.3) is 0 Å². The highest BCUT2D eigenvalue weighted by Gasteiger charge is 2.07. The fraction of sp³-hybridized carbons (Fsp3) is 0.500. The lowest BCUT2D eigenvalue weighted by molar-refractivity contribution is 0.263. The first-order chi connectivity index (χ1) is 7.27. The molecule has 16 heavy (non-hydrogen) atoms. The Hall–Kier alpha value is -0.770. The third kappa shape index (κ3) is 4.84. The monoisotopic (exact) mass is 245 g/mol. The molecule has 0 saturated heterocycles. The van der Waals surface area contributed by atoms with Crippen LogP contribution >= 0.6 is 12.4 Å². The van der Waals surface area contributed by atoms with Gasteiger partial charge < -0.3 is 15.6 Å². The molecule has 0 spiro atoms. The second kappa shape index (κ2) is 8.39. The van der Waals surface area contributed by atoms with Gasteiger partial charge in [0.05, 0.1) is 13.2 Å². The molecule has 0 aliphatic rings. The van der Waals surface area contributed by atoms with Crippen LogP contribution in [0.25, 0.3) is 0 Å². The maximum atomic E-state index is 8.90. The minimum absolute atomic E-state index is 0. The summed E-state index contributed by atoms with van der Waals surface area (Å²) in [6.07, 6.45) is 1.64. The van der Waals surface area contributed by atoms with Gasteiger partial charge in [0, 0.05) is 6.04 Å². The summed E-state index contributed by atoms with van der Waals surface area (Å²) in [5.74, 6) is 0.878. The van der Waals surface area contributed by atoms with E-state index in [1.165, 1.54) is 0 Å². The van der Waals surface area contributed by atoms with Crippen LogP contribution in [0.15, 0.2) is 24.3 Å². The number of nitrogens with two attached hydrogens (primary N) is 1. The Kier molecular flexibility index (Phi) is 7.99. The highest BCUT2D eigenvalue weighted by atomic mass is 35.5. The van der Waals surface area contributed by atoms with Gasteiger partial charge in [-0.05, 0) is 24.5 Å². The minimum Gasteiger partial charge on any atom is -0.493 e. The van der Waals surface area contributed by atoms with Crippen molar-refractivity contribution in [3.05, 3.63) is 29.8 Å². The van der Waals surface area contributed by atoms with Gasteiger partial charge in [0.1, 0.15) is 5.75 Å². The zero-order valence-corrected chi connectivity index (χ0v) is 10.4. The summed E-state index contributed by atoms with van der Waals surface area (Å²) < 4.78 is 5.59. The van der Waals surface area contributed by atoms with Crippen LogP contribution in [-0.2, 0) is 6.42 Å². The van der Waals surface area contributed by atoms with E-state index in [1.807, 2.05) is 24.3 Å². The molecule has 1 aromatic carbocycles. The summed E-state index contributed by atoms with van der Waals surface area (Å²) in [7, 11) is 0. The normalized spacial score (nSPS) is 11.7. The molecule has 0 amide bonds. The molecule has 0 aliphatic carbocycles. The van der Waals surface area contributed by atoms with Crippen molar-refractivity contribution in [2.24, 2.45) is 5.73 Å². The van der Waals surface area contributed by atoms with E-state index in [9.17, 15) is 0 Å². The Morgan fingerprint density at radius 1 is 1.38 bits per heavy atom. The Morgan fingerprint density at radius 3 is 2.69 bits per heavy atom. The molecular weight excluding hydrogens is 226 g/mol. The highest BCUT2D eigenvalue weighted by molar-refractivity contribution is 5.85. The summed E-state index contributed by atoms with van der Waals surface area (Å²) in [6, 6.07) is 7.61. The first-order valence-corrected chi connectivity index (χ1v) is 5.35. The molecule has 0 aromatic heterocycles. The molecule has 1 aromatic rings. The van der Waals surface area contributed by atoms with Crippen LogP contribution in [0.4, 0.5) is 0 Å². The fourth-order valence-electron chi connectivity index (χ4n) is 1.37. The predicted molar refractivity (Wildman–Crippen MR) is 68.2 cm³/mol. The van der Waals surface area contributed by atoms with E-state index < -0.39 is 0 Å². The van der Waals surface area contributed by atoms with E-state index in [4.69, 9.17) is 15.6 Å². The van der Waals surface area contributed by atoms with E-state index in [0.717, 1.165) is 17.7 Å². The zero-order valence-electron chi connectivity index (χ0n) is 9.56. The third-order valence-corrected chi connectivity index (χ3v) is 2.15. The van der Waals surface area contributed by atoms with Crippen molar-refractivity contribution in [3.63, 3.8) is 0 Å². The van der Waals surface area contributed by atoms with Crippen molar-refractivity contribution in [3.8, 4) is 5.75 Å². The van der Waals surface area contributed by atoms with Gasteiger partial charge in [-0.25, -0.2) is 0 Å². The van der Waals surface area contributed by atoms with Gasteiger partial charge in [-0.15, -0.1) is 12.4 Å². The van der Waals surface area contributed by atoms with Crippen molar-refractivity contribution in [2.75, 3.05) is 13.2 Å². The second-order valence-electron chi connectivity index (χ2n) is 3.60. The largest absolute Gasteiger partial charge is 0.493 e. The Bertz CT molecular complexity index is 294. The maximum Gasteiger partial charge on any atom is 0.122 e. The van der Waals surface area contributed by atoms with Crippen molar-refractivity contribution >= 4 is 12.4 Å². The molecule has 0 saturated carbocycles. The van der Waals surface area contributed by atoms with Crippen LogP contribution in [0.1, 0.15) is 18.9 Å². The van der Waals surface area contributed by atoms with Crippen molar-refractivity contribution in [1.29, 1.82) is 0 Å². The molecule has 0 heterocycles. The number of aliphatic hydroxyl groups excluding tert-OH is 1. The molecule has 1 unspecified atom stereocenters. The first-order valence-electron chi connectivity index (χ1n) is 5.35. The first kappa shape index (κ1) is 15.2. The summed E-state index contributed by atoms with van der Waals surface area (Å²) in [5.41, 5.74) is 6.76. The number of para-hydroxylation sites is 1. The standard InChI is InChI=1S/C12H19NO2.ClH/c1-2-7-15-12-6-4-3-5-10(12)8-11(13)9-14;/h3-6,11,14H,2,7-9,13H2,1H3;1H. The van der Waals surface area contributed by atoms with Gasteiger partial charge in [0.15, 0.2) is 0 Å². The molecule has 0 aliphatic heterocycles. The van der Waals surface area contributed by atoms with Crippen LogP contribution in [0.2, 0.25) is 0 Å². The zero-order chi connectivity index (χ0) is 11.1. The fourth-order valence-corrected chi connectivity index (χ4v) is 1.37. The average molecular weight is 246 g/mol. The number of benzene rings is 1. The molecular formula is C12H20ClNO2. The Balaban J connectivity index is 0.00000225. The molecule has 92 valence electrons. The molecule has 0 radical (unpaired) electrons. The lowest BCUT2D eigenvalue weighted by atomic mass is 10.1. The number of rotatable bonds is 6. The Morgan fingerprint density at radius 2 is 2.06 bits per heavy atom. The molecule has 0 bridgehead atoms. The van der Waals surface area contributed by atoms with E-state index >= 15 is 0 Å². The average Bonchev–Trinajstić information content (AvgIpc) is 2.28. The van der Waals surface area contributed by atoms with E-state index in [2.05, 4.69) is 6.92 Å². The predicted octanol–water partition coefficient (Wildman–Crippen LogP) is 1.76. The summed E-state index contributed by atoms with van der Waals surface area (Å²) in [6.45, 7) is 2.79. The lowest BCUT2D eigenvalue weighted by Gasteiger charge is -2.13. The van der Waals surface area contributed by atoms with Crippen LogP contribution in [0.3, 0.4) is 0 Å². The quantitative estimate of drug-likeness (QED) is 0.803. The molecule has 1 atom stereocenters. The van der Waals surface area contributed by atoms with E-state index in [-0.39, 0.29) is 25.1 Å². The van der Waals surface area contributed by atoms with Gasteiger partial charge >= 0.3 is 0 Å². The molecule has 4 heteroatoms. The van der Waals surface area contributed by atoms with E-state index in [0.29, 0.717) is 13.0 Å². The van der Waals surface area contributed by atoms with Crippen molar-refractivity contribution in [1.82, 2.24) is 0 Å². The summed E-state index contributed by atoms with van der Waals surface area (Å²) in [5, 5.41) is 8.90. The third-order valence-electron chi connectivity index (χ3n) is 2.15. The molecule has 3 N–H and O–H groups in total. The topological polar surface area (TPSA) is 55.5 Å². The number of ether oxygens (including phenoxy) is 1. The SMILES string of the molecule is CCCOc1ccccc1CC(N)CO.Cl. The van der Waals surface area contributed by atoms with Gasteiger partial charge in [-0.1, -0.05) is 25.1 Å². The summed E-state index contributed by atoms with van der Waals surface area (Å²) in [4.78, 5) is 0. The second-order valence-corrected chi connectivity index (χ2v) is 3.60. The molecule has 1 rings (SSSR count). The number of hydrogen-bond donors (Lipinski definition) is 2. The van der Waals surface area contributed by atoms with Gasteiger partial charge in [0.2, 0.25) is 0 Å². The smallest absolute Gasteiger partial charge is 0.122 e.